The Morgan fingerprint density at radius 2 is 1.53 bits per heavy atom. The fraction of sp³-hybridized carbons (Fsp3) is 0.120. The van der Waals surface area contributed by atoms with Crippen molar-refractivity contribution in [3.05, 3.63) is 89.5 Å². The summed E-state index contributed by atoms with van der Waals surface area (Å²) in [6.07, 6.45) is 0. The number of benzene rings is 3. The average molecular weight is 431 g/mol. The summed E-state index contributed by atoms with van der Waals surface area (Å²) in [4.78, 5) is 27.5. The van der Waals surface area contributed by atoms with Gasteiger partial charge < -0.3 is 19.7 Å². The van der Waals surface area contributed by atoms with Crippen LogP contribution in [0, 0.1) is 0 Å². The second-order valence-corrected chi connectivity index (χ2v) is 7.13. The van der Waals surface area contributed by atoms with Gasteiger partial charge in [-0.2, -0.15) is 0 Å². The maximum Gasteiger partial charge on any atom is 0.300 e. The van der Waals surface area contributed by atoms with Crippen molar-refractivity contribution in [1.29, 1.82) is 0 Å². The van der Waals surface area contributed by atoms with Gasteiger partial charge in [0, 0.05) is 0 Å². The van der Waals surface area contributed by atoms with Gasteiger partial charge in [-0.3, -0.25) is 14.5 Å². The Labute approximate surface area is 184 Å². The van der Waals surface area contributed by atoms with E-state index in [0.29, 0.717) is 17.1 Å². The number of amides is 1. The van der Waals surface area contributed by atoms with Gasteiger partial charge in [0.05, 0.1) is 37.1 Å². The topological polar surface area (TPSA) is 96.3 Å². The van der Waals surface area contributed by atoms with E-state index in [2.05, 4.69) is 0 Å². The van der Waals surface area contributed by atoms with Crippen LogP contribution in [0.4, 0.5) is 5.69 Å². The molecule has 7 nitrogen and oxygen atoms in total. The lowest BCUT2D eigenvalue weighted by atomic mass is 9.94. The van der Waals surface area contributed by atoms with Crippen LogP contribution < -0.4 is 14.4 Å². The highest BCUT2D eigenvalue weighted by Gasteiger charge is 2.47. The number of ether oxygens (including phenoxy) is 2. The maximum atomic E-state index is 13.2. The fourth-order valence-corrected chi connectivity index (χ4v) is 3.84. The van der Waals surface area contributed by atoms with Crippen LogP contribution in [0.25, 0.3) is 5.76 Å². The molecule has 32 heavy (non-hydrogen) atoms. The smallest absolute Gasteiger partial charge is 0.300 e. The van der Waals surface area contributed by atoms with Gasteiger partial charge in [0.25, 0.3) is 11.7 Å². The number of phenols is 1. The number of aromatic hydroxyl groups is 1. The van der Waals surface area contributed by atoms with Gasteiger partial charge in [0.2, 0.25) is 0 Å². The summed E-state index contributed by atoms with van der Waals surface area (Å²) in [5, 5.41) is 21.6. The predicted molar refractivity (Wildman–Crippen MR) is 119 cm³/mol. The molecule has 1 amide bonds. The van der Waals surface area contributed by atoms with Gasteiger partial charge in [0.15, 0.2) is 0 Å². The third-order valence-electron chi connectivity index (χ3n) is 5.38. The fourth-order valence-electron chi connectivity index (χ4n) is 3.84. The molecule has 3 aromatic rings. The Kier molecular flexibility index (Phi) is 5.55. The lowest BCUT2D eigenvalue weighted by Crippen LogP contribution is -2.29. The number of carbonyl (C=O) groups is 2. The monoisotopic (exact) mass is 431 g/mol. The molecule has 1 atom stereocenters. The van der Waals surface area contributed by atoms with Gasteiger partial charge in [0.1, 0.15) is 23.0 Å². The summed E-state index contributed by atoms with van der Waals surface area (Å²) < 4.78 is 10.5. The Bertz CT molecular complexity index is 1220. The van der Waals surface area contributed by atoms with Gasteiger partial charge in [-0.05, 0) is 42.0 Å². The highest BCUT2D eigenvalue weighted by molar-refractivity contribution is 6.52. The van der Waals surface area contributed by atoms with Gasteiger partial charge in [-0.1, -0.05) is 36.4 Å². The number of hydrogen-bond acceptors (Lipinski definition) is 6. The zero-order valence-electron chi connectivity index (χ0n) is 17.5. The standard InChI is InChI=1S/C25H21NO6/c1-31-16-13-11-15(12-14-16)22-21(23(28)17-7-3-6-10-20(17)32-2)24(29)25(30)26(22)18-8-4-5-9-19(18)27/h3-14,22,27-28H,1-2H3/b23-21-. The van der Waals surface area contributed by atoms with Crippen molar-refractivity contribution in [2.24, 2.45) is 0 Å². The summed E-state index contributed by atoms with van der Waals surface area (Å²) in [5.41, 5.74) is 0.899. The highest BCUT2D eigenvalue weighted by atomic mass is 16.5. The summed E-state index contributed by atoms with van der Waals surface area (Å²) in [6, 6.07) is 18.8. The number of rotatable bonds is 5. The van der Waals surface area contributed by atoms with Gasteiger partial charge in [-0.25, -0.2) is 0 Å². The van der Waals surface area contributed by atoms with Crippen LogP contribution in [-0.2, 0) is 9.59 Å². The highest BCUT2D eigenvalue weighted by Crippen LogP contribution is 2.45. The first kappa shape index (κ1) is 21.0. The number of anilines is 1. The summed E-state index contributed by atoms with van der Waals surface area (Å²) in [7, 11) is 2.98. The molecule has 0 aromatic heterocycles. The molecule has 1 aliphatic rings. The van der Waals surface area contributed by atoms with Crippen molar-refractivity contribution in [2.45, 2.75) is 6.04 Å². The Morgan fingerprint density at radius 3 is 2.19 bits per heavy atom. The zero-order valence-corrected chi connectivity index (χ0v) is 17.5. The van der Waals surface area contributed by atoms with E-state index < -0.39 is 17.7 Å². The van der Waals surface area contributed by atoms with Crippen LogP contribution in [0.5, 0.6) is 17.2 Å². The van der Waals surface area contributed by atoms with Crippen LogP contribution >= 0.6 is 0 Å². The number of methoxy groups -OCH3 is 2. The molecule has 2 N–H and O–H groups in total. The Morgan fingerprint density at radius 1 is 0.875 bits per heavy atom. The molecule has 162 valence electrons. The minimum Gasteiger partial charge on any atom is -0.507 e. The van der Waals surface area contributed by atoms with Crippen LogP contribution in [0.2, 0.25) is 0 Å². The summed E-state index contributed by atoms with van der Waals surface area (Å²) in [5.74, 6) is -1.30. The number of nitrogens with zero attached hydrogens (tertiary/aromatic N) is 1. The van der Waals surface area contributed by atoms with E-state index in [1.54, 1.807) is 66.7 Å². The minimum atomic E-state index is -0.973. The SMILES string of the molecule is COc1ccc(C2/C(=C(/O)c3ccccc3OC)C(=O)C(=O)N2c2ccccc2O)cc1. The van der Waals surface area contributed by atoms with Crippen LogP contribution in [0.3, 0.4) is 0 Å². The van der Waals surface area contributed by atoms with Crippen molar-refractivity contribution < 1.29 is 29.3 Å². The number of hydrogen-bond donors (Lipinski definition) is 2. The second-order valence-electron chi connectivity index (χ2n) is 7.13. The van der Waals surface area contributed by atoms with Crippen LogP contribution in [0.15, 0.2) is 78.4 Å². The molecule has 0 spiro atoms. The second kappa shape index (κ2) is 8.47. The maximum absolute atomic E-state index is 13.2. The molecule has 0 radical (unpaired) electrons. The molecule has 1 heterocycles. The molecular weight excluding hydrogens is 410 g/mol. The van der Waals surface area contributed by atoms with Crippen molar-refractivity contribution in [2.75, 3.05) is 19.1 Å². The average Bonchev–Trinajstić information content (AvgIpc) is 3.09. The van der Waals surface area contributed by atoms with Gasteiger partial charge >= 0.3 is 0 Å². The molecule has 3 aromatic carbocycles. The predicted octanol–water partition coefficient (Wildman–Crippen LogP) is 4.04. The quantitative estimate of drug-likeness (QED) is 0.360. The third-order valence-corrected chi connectivity index (χ3v) is 5.38. The molecule has 1 saturated heterocycles. The molecule has 0 aliphatic carbocycles. The van der Waals surface area contributed by atoms with E-state index in [1.807, 2.05) is 0 Å². The first-order valence-corrected chi connectivity index (χ1v) is 9.84. The van der Waals surface area contributed by atoms with E-state index in [1.165, 1.54) is 25.2 Å². The molecule has 1 fully saturated rings. The summed E-state index contributed by atoms with van der Waals surface area (Å²) >= 11 is 0. The summed E-state index contributed by atoms with van der Waals surface area (Å²) in [6.45, 7) is 0. The lowest BCUT2D eigenvalue weighted by molar-refractivity contribution is -0.132. The number of Topliss-reactive ketones (excluding diaryl/α,β-unsaturated/α-hetero) is 1. The third kappa shape index (κ3) is 3.43. The molecule has 4 rings (SSSR count). The van der Waals surface area contributed by atoms with Crippen LogP contribution in [0.1, 0.15) is 17.2 Å². The normalized spacial score (nSPS) is 17.4. The first-order chi connectivity index (χ1) is 15.5. The van der Waals surface area contributed by atoms with Crippen molar-refractivity contribution >= 4 is 23.1 Å². The molecule has 1 unspecified atom stereocenters. The van der Waals surface area contributed by atoms with Crippen molar-refractivity contribution in [3.63, 3.8) is 0 Å². The first-order valence-electron chi connectivity index (χ1n) is 9.84. The number of phenolic OH excluding ortho intramolecular Hbond substituents is 1. The van der Waals surface area contributed by atoms with E-state index in [0.717, 1.165) is 0 Å². The van der Waals surface area contributed by atoms with Crippen molar-refractivity contribution in [1.82, 2.24) is 0 Å². The minimum absolute atomic E-state index is 0.104. The number of ketones is 1. The van der Waals surface area contributed by atoms with Gasteiger partial charge in [-0.15, -0.1) is 0 Å². The van der Waals surface area contributed by atoms with E-state index in [4.69, 9.17) is 9.47 Å². The zero-order chi connectivity index (χ0) is 22.8. The van der Waals surface area contributed by atoms with E-state index >= 15 is 0 Å². The Balaban J connectivity index is 1.98. The largest absolute Gasteiger partial charge is 0.507 e. The van der Waals surface area contributed by atoms with E-state index in [9.17, 15) is 19.8 Å². The Hall–Kier alpha value is -4.26. The molecule has 7 heteroatoms. The number of carbonyl (C=O) groups excluding carboxylic acids is 2. The lowest BCUT2D eigenvalue weighted by Gasteiger charge is -2.26. The van der Waals surface area contributed by atoms with Crippen LogP contribution in [-0.4, -0.2) is 36.1 Å². The van der Waals surface area contributed by atoms with Crippen molar-refractivity contribution in [3.8, 4) is 17.2 Å². The molecular formula is C25H21NO6. The molecule has 0 saturated carbocycles. The number of aliphatic hydroxyl groups is 1. The molecule has 1 aliphatic heterocycles. The number of aliphatic hydroxyl groups excluding tert-OH is 1. The number of para-hydroxylation sites is 3. The van der Waals surface area contributed by atoms with E-state index in [-0.39, 0.29) is 28.3 Å². The molecule has 0 bridgehead atoms.